The molecule has 0 radical (unpaired) electrons. The number of imide groups is 1. The number of rotatable bonds is 3. The van der Waals surface area contributed by atoms with Crippen molar-refractivity contribution in [2.24, 2.45) is 35.5 Å². The normalized spacial score (nSPS) is 32.1. The van der Waals surface area contributed by atoms with Crippen LogP contribution in [0.1, 0.15) is 22.3 Å². The van der Waals surface area contributed by atoms with Crippen LogP contribution in [0.25, 0.3) is 0 Å². The summed E-state index contributed by atoms with van der Waals surface area (Å²) in [4.78, 5) is 40.5. The molecule has 5 nitrogen and oxygen atoms in total. The highest BCUT2D eigenvalue weighted by atomic mass is 79.9. The molecular formula is C25H21BrN2O3. The quantitative estimate of drug-likeness (QED) is 0.521. The molecule has 7 rings (SSSR count). The Morgan fingerprint density at radius 3 is 2.16 bits per heavy atom. The lowest BCUT2D eigenvalue weighted by Gasteiger charge is -2.37. The van der Waals surface area contributed by atoms with E-state index in [1.807, 2.05) is 25.1 Å². The third-order valence-electron chi connectivity index (χ3n) is 7.49. The Morgan fingerprint density at radius 2 is 1.58 bits per heavy atom. The second-order valence-electron chi connectivity index (χ2n) is 9.13. The maximum absolute atomic E-state index is 13.2. The van der Waals surface area contributed by atoms with E-state index in [0.717, 1.165) is 22.1 Å². The minimum absolute atomic E-state index is 0.0811. The molecule has 2 bridgehead atoms. The average Bonchev–Trinajstić information content (AvgIpc) is 3.54. The lowest BCUT2D eigenvalue weighted by molar-refractivity contribution is -0.124. The molecule has 2 saturated carbocycles. The van der Waals surface area contributed by atoms with Crippen LogP contribution in [0.15, 0.2) is 59.1 Å². The zero-order chi connectivity index (χ0) is 21.4. The van der Waals surface area contributed by atoms with Gasteiger partial charge in [-0.25, -0.2) is 0 Å². The van der Waals surface area contributed by atoms with Gasteiger partial charge in [0, 0.05) is 15.7 Å². The van der Waals surface area contributed by atoms with E-state index >= 15 is 0 Å². The molecule has 0 aromatic heterocycles. The third-order valence-corrected chi connectivity index (χ3v) is 7.98. The number of carbonyl (C=O) groups is 3. The summed E-state index contributed by atoms with van der Waals surface area (Å²) in [5.41, 5.74) is 2.73. The van der Waals surface area contributed by atoms with E-state index in [1.54, 1.807) is 24.3 Å². The number of nitrogens with zero attached hydrogens (tertiary/aromatic N) is 1. The number of hydrogen-bond acceptors (Lipinski definition) is 3. The summed E-state index contributed by atoms with van der Waals surface area (Å²) in [6.07, 6.45) is 5.50. The van der Waals surface area contributed by atoms with Crippen molar-refractivity contribution in [1.82, 2.24) is 0 Å². The summed E-state index contributed by atoms with van der Waals surface area (Å²) in [6.45, 7) is 1.93. The predicted molar refractivity (Wildman–Crippen MR) is 120 cm³/mol. The first kappa shape index (κ1) is 19.0. The number of halogens is 1. The zero-order valence-corrected chi connectivity index (χ0v) is 18.5. The molecule has 3 amide bonds. The average molecular weight is 477 g/mol. The van der Waals surface area contributed by atoms with Crippen LogP contribution in [-0.4, -0.2) is 17.7 Å². The Hall–Kier alpha value is -2.73. The van der Waals surface area contributed by atoms with E-state index in [9.17, 15) is 14.4 Å². The van der Waals surface area contributed by atoms with Crippen LogP contribution in [0.5, 0.6) is 0 Å². The molecule has 6 atom stereocenters. The number of allylic oxidation sites excluding steroid dienone is 2. The van der Waals surface area contributed by atoms with Crippen molar-refractivity contribution in [1.29, 1.82) is 0 Å². The Kier molecular flexibility index (Phi) is 4.06. The van der Waals surface area contributed by atoms with E-state index < -0.39 is 0 Å². The van der Waals surface area contributed by atoms with Crippen LogP contribution in [0.3, 0.4) is 0 Å². The first-order chi connectivity index (χ1) is 14.9. The van der Waals surface area contributed by atoms with Gasteiger partial charge in [-0.15, -0.1) is 0 Å². The van der Waals surface area contributed by atoms with Crippen LogP contribution in [0.2, 0.25) is 0 Å². The topological polar surface area (TPSA) is 66.5 Å². The van der Waals surface area contributed by atoms with E-state index in [2.05, 4.69) is 33.4 Å². The van der Waals surface area contributed by atoms with Crippen LogP contribution in [0.4, 0.5) is 11.4 Å². The summed E-state index contributed by atoms with van der Waals surface area (Å²) in [6, 6.07) is 12.4. The second kappa shape index (κ2) is 6.63. The zero-order valence-electron chi connectivity index (χ0n) is 16.9. The first-order valence-electron chi connectivity index (χ1n) is 10.7. The summed E-state index contributed by atoms with van der Waals surface area (Å²) in [7, 11) is 0. The van der Waals surface area contributed by atoms with Gasteiger partial charge in [0.05, 0.1) is 17.5 Å². The monoisotopic (exact) mass is 476 g/mol. The summed E-state index contributed by atoms with van der Waals surface area (Å²) < 4.78 is 0.953. The van der Waals surface area contributed by atoms with Crippen molar-refractivity contribution in [3.8, 4) is 0 Å². The number of hydrogen-bond donors (Lipinski definition) is 1. The maximum atomic E-state index is 13.2. The van der Waals surface area contributed by atoms with Crippen molar-refractivity contribution >= 4 is 45.0 Å². The SMILES string of the molecule is Cc1cc(Br)ccc1NC(=O)c1ccc(N2C(=O)C3C4C=CC(C5CC45)C3C2=O)cc1. The highest BCUT2D eigenvalue weighted by Gasteiger charge is 2.67. The minimum atomic E-state index is -0.230. The largest absolute Gasteiger partial charge is 0.322 e. The number of aryl methyl sites for hydroxylation is 1. The highest BCUT2D eigenvalue weighted by molar-refractivity contribution is 9.10. The highest BCUT2D eigenvalue weighted by Crippen LogP contribution is 2.65. The number of amides is 3. The first-order valence-corrected chi connectivity index (χ1v) is 11.5. The van der Waals surface area contributed by atoms with Crippen molar-refractivity contribution < 1.29 is 14.4 Å². The Balaban J connectivity index is 1.23. The molecule has 1 N–H and O–H groups in total. The van der Waals surface area contributed by atoms with Gasteiger partial charge in [-0.2, -0.15) is 0 Å². The van der Waals surface area contributed by atoms with Gasteiger partial charge in [0.25, 0.3) is 5.91 Å². The molecule has 2 aromatic rings. The van der Waals surface area contributed by atoms with Gasteiger partial charge < -0.3 is 5.32 Å². The van der Waals surface area contributed by atoms with Gasteiger partial charge in [0.1, 0.15) is 0 Å². The fourth-order valence-electron chi connectivity index (χ4n) is 5.94. The lowest BCUT2D eigenvalue weighted by Crippen LogP contribution is -2.40. The molecule has 31 heavy (non-hydrogen) atoms. The predicted octanol–water partition coefficient (Wildman–Crippen LogP) is 4.57. The van der Waals surface area contributed by atoms with Gasteiger partial charge in [-0.05, 0) is 85.0 Å². The number of nitrogens with one attached hydrogen (secondary N) is 1. The number of anilines is 2. The summed E-state index contributed by atoms with van der Waals surface area (Å²) in [5, 5.41) is 2.91. The summed E-state index contributed by atoms with van der Waals surface area (Å²) in [5.74, 6) is 0.768. The van der Waals surface area contributed by atoms with Gasteiger partial charge >= 0.3 is 0 Å². The van der Waals surface area contributed by atoms with Crippen molar-refractivity contribution in [3.63, 3.8) is 0 Å². The molecule has 0 spiro atoms. The molecule has 5 aliphatic rings. The summed E-state index contributed by atoms with van der Waals surface area (Å²) >= 11 is 3.42. The van der Waals surface area contributed by atoms with Crippen LogP contribution in [-0.2, 0) is 9.59 Å². The molecule has 6 unspecified atom stereocenters. The van der Waals surface area contributed by atoms with E-state index in [1.165, 1.54) is 4.90 Å². The molecule has 6 heteroatoms. The number of benzene rings is 2. The maximum Gasteiger partial charge on any atom is 0.255 e. The van der Waals surface area contributed by atoms with Crippen molar-refractivity contribution in [2.75, 3.05) is 10.2 Å². The Bertz CT molecular complexity index is 1140. The second-order valence-corrected chi connectivity index (χ2v) is 10.0. The fraction of sp³-hybridized carbons (Fsp3) is 0.320. The molecule has 1 heterocycles. The third kappa shape index (κ3) is 2.77. The van der Waals surface area contributed by atoms with E-state index in [0.29, 0.717) is 23.1 Å². The standard InChI is InChI=1S/C25H21BrN2O3/c1-12-10-14(26)4-9-20(12)27-23(29)13-2-5-15(6-3-13)28-24(30)21-16-7-8-17(19-11-18(16)19)22(21)25(28)31/h2-10,16-19,21-22H,11H2,1H3,(H,27,29). The van der Waals surface area contributed by atoms with E-state index in [4.69, 9.17) is 0 Å². The van der Waals surface area contributed by atoms with Gasteiger partial charge in [0.2, 0.25) is 11.8 Å². The molecule has 1 saturated heterocycles. The van der Waals surface area contributed by atoms with Gasteiger partial charge in [-0.3, -0.25) is 19.3 Å². The molecule has 3 fully saturated rings. The lowest BCUT2D eigenvalue weighted by atomic mass is 9.63. The van der Waals surface area contributed by atoms with Crippen LogP contribution in [0, 0.1) is 42.4 Å². The van der Waals surface area contributed by atoms with Crippen LogP contribution >= 0.6 is 15.9 Å². The smallest absolute Gasteiger partial charge is 0.255 e. The van der Waals surface area contributed by atoms with E-state index in [-0.39, 0.29) is 41.4 Å². The molecule has 1 aliphatic heterocycles. The molecule has 4 aliphatic carbocycles. The van der Waals surface area contributed by atoms with Crippen molar-refractivity contribution in [2.45, 2.75) is 13.3 Å². The van der Waals surface area contributed by atoms with Crippen molar-refractivity contribution in [3.05, 3.63) is 70.2 Å². The number of carbonyl (C=O) groups excluding carboxylic acids is 3. The minimum Gasteiger partial charge on any atom is -0.322 e. The Labute approximate surface area is 188 Å². The molecule has 156 valence electrons. The Morgan fingerprint density at radius 1 is 0.968 bits per heavy atom. The fourth-order valence-corrected chi connectivity index (χ4v) is 6.41. The van der Waals surface area contributed by atoms with Gasteiger partial charge in [-0.1, -0.05) is 28.1 Å². The van der Waals surface area contributed by atoms with Crippen LogP contribution < -0.4 is 10.2 Å². The molecular weight excluding hydrogens is 456 g/mol. The van der Waals surface area contributed by atoms with Gasteiger partial charge in [0.15, 0.2) is 0 Å². The molecule has 2 aromatic carbocycles.